The lowest BCUT2D eigenvalue weighted by atomic mass is 10.1. The first-order chi connectivity index (χ1) is 8.08. The molecule has 88 valence electrons. The van der Waals surface area contributed by atoms with E-state index in [0.717, 1.165) is 5.69 Å². The molecule has 0 heterocycles. The fourth-order valence-corrected chi connectivity index (χ4v) is 1.29. The second-order valence-electron chi connectivity index (χ2n) is 3.63. The van der Waals surface area contributed by atoms with Crippen molar-refractivity contribution in [2.24, 2.45) is 0 Å². The summed E-state index contributed by atoms with van der Waals surface area (Å²) in [7, 11) is 5.12. The predicted octanol–water partition coefficient (Wildman–Crippen LogP) is 1.81. The number of nitriles is 1. The molecule has 0 aromatic heterocycles. The third-order valence-electron chi connectivity index (χ3n) is 2.27. The molecule has 1 aromatic rings. The summed E-state index contributed by atoms with van der Waals surface area (Å²) in [5.41, 5.74) is 2.16. The van der Waals surface area contributed by atoms with E-state index in [1.807, 2.05) is 25.1 Å². The number of rotatable bonds is 3. The molecule has 17 heavy (non-hydrogen) atoms. The van der Waals surface area contributed by atoms with Crippen molar-refractivity contribution in [2.75, 3.05) is 26.1 Å². The van der Waals surface area contributed by atoms with Gasteiger partial charge in [0.15, 0.2) is 0 Å². The van der Waals surface area contributed by atoms with Crippen LogP contribution in [0.4, 0.5) is 5.69 Å². The highest BCUT2D eigenvalue weighted by molar-refractivity contribution is 5.87. The van der Waals surface area contributed by atoms with E-state index in [4.69, 9.17) is 5.26 Å². The average molecular weight is 230 g/mol. The number of anilines is 1. The molecule has 0 amide bonds. The second kappa shape index (κ2) is 5.71. The zero-order valence-electron chi connectivity index (χ0n) is 10.1. The highest BCUT2D eigenvalue weighted by atomic mass is 16.5. The third-order valence-corrected chi connectivity index (χ3v) is 2.27. The molecule has 1 aromatic carbocycles. The van der Waals surface area contributed by atoms with E-state index in [1.54, 1.807) is 18.2 Å². The van der Waals surface area contributed by atoms with E-state index >= 15 is 0 Å². The lowest BCUT2D eigenvalue weighted by molar-refractivity contribution is -0.134. The molecule has 0 saturated heterocycles. The molecule has 0 aliphatic heterocycles. The molecule has 0 radical (unpaired) electrons. The number of ether oxygens (including phenoxy) is 1. The first-order valence-corrected chi connectivity index (χ1v) is 5.06. The van der Waals surface area contributed by atoms with E-state index in [9.17, 15) is 4.79 Å². The topological polar surface area (TPSA) is 53.3 Å². The summed E-state index contributed by atoms with van der Waals surface area (Å²) in [5.74, 6) is -0.439. The molecule has 0 saturated carbocycles. The quantitative estimate of drug-likeness (QED) is 0.587. The minimum Gasteiger partial charge on any atom is -0.466 e. The lowest BCUT2D eigenvalue weighted by Gasteiger charge is -2.13. The van der Waals surface area contributed by atoms with Crippen LogP contribution in [-0.2, 0) is 9.53 Å². The zero-order valence-corrected chi connectivity index (χ0v) is 10.1. The van der Waals surface area contributed by atoms with Crippen molar-refractivity contribution in [3.05, 3.63) is 35.4 Å². The van der Waals surface area contributed by atoms with Crippen molar-refractivity contribution in [2.45, 2.75) is 0 Å². The van der Waals surface area contributed by atoms with E-state index in [0.29, 0.717) is 11.1 Å². The van der Waals surface area contributed by atoms with Crippen molar-refractivity contribution in [1.29, 1.82) is 5.26 Å². The average Bonchev–Trinajstić information content (AvgIpc) is 2.35. The monoisotopic (exact) mass is 230 g/mol. The van der Waals surface area contributed by atoms with Crippen LogP contribution in [0.3, 0.4) is 0 Å². The standard InChI is InChI=1S/C13H14N2O2/c1-15(2)12-6-4-10(11(8-12)9-14)5-7-13(16)17-3/h4-8H,1-3H3/b7-5+. The summed E-state index contributed by atoms with van der Waals surface area (Å²) < 4.78 is 4.49. The van der Waals surface area contributed by atoms with Crippen molar-refractivity contribution < 1.29 is 9.53 Å². The molecule has 1 rings (SSSR count). The van der Waals surface area contributed by atoms with E-state index in [-0.39, 0.29) is 0 Å². The predicted molar refractivity (Wildman–Crippen MR) is 66.5 cm³/mol. The van der Waals surface area contributed by atoms with Crippen LogP contribution in [-0.4, -0.2) is 27.2 Å². The van der Waals surface area contributed by atoms with Crippen LogP contribution >= 0.6 is 0 Å². The normalized spacial score (nSPS) is 10.0. The van der Waals surface area contributed by atoms with Crippen LogP contribution in [0, 0.1) is 11.3 Å². The van der Waals surface area contributed by atoms with Gasteiger partial charge in [-0.1, -0.05) is 6.07 Å². The van der Waals surface area contributed by atoms with Crippen LogP contribution in [0.25, 0.3) is 6.08 Å². The number of carbonyl (C=O) groups excluding carboxylic acids is 1. The van der Waals surface area contributed by atoms with Gasteiger partial charge in [-0.15, -0.1) is 0 Å². The molecule has 4 nitrogen and oxygen atoms in total. The van der Waals surface area contributed by atoms with E-state index < -0.39 is 5.97 Å². The first kappa shape index (κ1) is 12.8. The van der Waals surface area contributed by atoms with Gasteiger partial charge in [-0.2, -0.15) is 5.26 Å². The van der Waals surface area contributed by atoms with Gasteiger partial charge in [0.05, 0.1) is 18.7 Å². The fraction of sp³-hybridized carbons (Fsp3) is 0.231. The Labute approximate surface area is 101 Å². The van der Waals surface area contributed by atoms with Crippen molar-refractivity contribution >= 4 is 17.7 Å². The molecule has 4 heteroatoms. The van der Waals surface area contributed by atoms with Gasteiger partial charge in [-0.05, 0) is 23.8 Å². The van der Waals surface area contributed by atoms with E-state index in [1.165, 1.54) is 13.2 Å². The second-order valence-corrected chi connectivity index (χ2v) is 3.63. The molecule has 0 spiro atoms. The Kier molecular flexibility index (Phi) is 4.29. The Morgan fingerprint density at radius 3 is 2.71 bits per heavy atom. The highest BCUT2D eigenvalue weighted by Crippen LogP contribution is 2.18. The summed E-state index contributed by atoms with van der Waals surface area (Å²) in [6.45, 7) is 0. The zero-order chi connectivity index (χ0) is 12.8. The van der Waals surface area contributed by atoms with Crippen LogP contribution < -0.4 is 4.90 Å². The van der Waals surface area contributed by atoms with Gasteiger partial charge in [0.2, 0.25) is 0 Å². The van der Waals surface area contributed by atoms with Gasteiger partial charge < -0.3 is 9.64 Å². The van der Waals surface area contributed by atoms with Gasteiger partial charge in [0.25, 0.3) is 0 Å². The Hall–Kier alpha value is -2.28. The molecular weight excluding hydrogens is 216 g/mol. The molecule has 0 N–H and O–H groups in total. The number of nitrogens with zero attached hydrogens (tertiary/aromatic N) is 2. The van der Waals surface area contributed by atoms with Crippen molar-refractivity contribution in [1.82, 2.24) is 0 Å². The molecule has 0 unspecified atom stereocenters. The number of carbonyl (C=O) groups is 1. The maximum Gasteiger partial charge on any atom is 0.330 e. The Bertz CT molecular complexity index is 485. The summed E-state index contributed by atoms with van der Waals surface area (Å²) in [6.07, 6.45) is 2.87. The molecule has 0 bridgehead atoms. The minimum absolute atomic E-state index is 0.439. The summed E-state index contributed by atoms with van der Waals surface area (Å²) in [6, 6.07) is 7.56. The fourth-order valence-electron chi connectivity index (χ4n) is 1.29. The maximum absolute atomic E-state index is 11.0. The minimum atomic E-state index is -0.439. The van der Waals surface area contributed by atoms with Crippen LogP contribution in [0.5, 0.6) is 0 Å². The van der Waals surface area contributed by atoms with Gasteiger partial charge in [-0.3, -0.25) is 0 Å². The van der Waals surface area contributed by atoms with Crippen LogP contribution in [0.1, 0.15) is 11.1 Å². The molecular formula is C13H14N2O2. The number of esters is 1. The number of hydrogen-bond acceptors (Lipinski definition) is 4. The largest absolute Gasteiger partial charge is 0.466 e. The van der Waals surface area contributed by atoms with Gasteiger partial charge in [0.1, 0.15) is 0 Å². The summed E-state index contributed by atoms with van der Waals surface area (Å²) >= 11 is 0. The Balaban J connectivity index is 3.06. The first-order valence-electron chi connectivity index (χ1n) is 5.06. The molecule has 0 aliphatic rings. The van der Waals surface area contributed by atoms with E-state index in [2.05, 4.69) is 10.8 Å². The molecule has 0 atom stereocenters. The smallest absolute Gasteiger partial charge is 0.330 e. The number of hydrogen-bond donors (Lipinski definition) is 0. The van der Waals surface area contributed by atoms with Crippen molar-refractivity contribution in [3.8, 4) is 6.07 Å². The van der Waals surface area contributed by atoms with Crippen LogP contribution in [0.2, 0.25) is 0 Å². The van der Waals surface area contributed by atoms with Gasteiger partial charge in [0, 0.05) is 25.9 Å². The summed E-state index contributed by atoms with van der Waals surface area (Å²) in [5, 5.41) is 9.03. The van der Waals surface area contributed by atoms with Gasteiger partial charge >= 0.3 is 5.97 Å². The van der Waals surface area contributed by atoms with Crippen molar-refractivity contribution in [3.63, 3.8) is 0 Å². The molecule has 0 aliphatic carbocycles. The SMILES string of the molecule is COC(=O)/C=C/c1ccc(N(C)C)cc1C#N. The molecule has 0 fully saturated rings. The number of benzene rings is 1. The Morgan fingerprint density at radius 2 is 2.18 bits per heavy atom. The Morgan fingerprint density at radius 1 is 1.47 bits per heavy atom. The van der Waals surface area contributed by atoms with Gasteiger partial charge in [-0.25, -0.2) is 4.79 Å². The summed E-state index contributed by atoms with van der Waals surface area (Å²) in [4.78, 5) is 12.9. The highest BCUT2D eigenvalue weighted by Gasteiger charge is 2.03. The lowest BCUT2D eigenvalue weighted by Crippen LogP contribution is -2.08. The number of methoxy groups -OCH3 is 1. The third kappa shape index (κ3) is 3.35. The van der Waals surface area contributed by atoms with Crippen LogP contribution in [0.15, 0.2) is 24.3 Å². The maximum atomic E-state index is 11.0.